The third-order valence-corrected chi connectivity index (χ3v) is 4.94. The molecule has 0 bridgehead atoms. The molecule has 4 rings (SSSR count). The van der Waals surface area contributed by atoms with Gasteiger partial charge in [-0.25, -0.2) is 4.39 Å². The lowest BCUT2D eigenvalue weighted by Crippen LogP contribution is -1.89. The molecule has 1 aliphatic carbocycles. The van der Waals surface area contributed by atoms with Gasteiger partial charge >= 0.3 is 0 Å². The standard InChI is InChI=1S/C25H20ClFO/c26-21-14-12-20(13-15-21)23(19-10-11-19)8-4-5-18-9-16-24(27)25(17-18)28-22-6-2-1-3-7-22/h1-9,12-17,19H,10-11H2/b5-4-,23-8-. The molecular weight excluding hydrogens is 371 g/mol. The molecule has 1 fully saturated rings. The average Bonchev–Trinajstić information content (AvgIpc) is 3.54. The minimum absolute atomic E-state index is 0.220. The van der Waals surface area contributed by atoms with Crippen molar-refractivity contribution in [3.63, 3.8) is 0 Å². The van der Waals surface area contributed by atoms with Crippen LogP contribution in [0.1, 0.15) is 24.0 Å². The van der Waals surface area contributed by atoms with E-state index in [4.69, 9.17) is 16.3 Å². The fourth-order valence-corrected chi connectivity index (χ4v) is 3.21. The summed E-state index contributed by atoms with van der Waals surface area (Å²) < 4.78 is 19.8. The Hall–Kier alpha value is -2.84. The Kier molecular flexibility index (Phi) is 5.59. The van der Waals surface area contributed by atoms with E-state index >= 15 is 0 Å². The SMILES string of the molecule is Fc1ccc(/C=C\C=C(/c2ccc(Cl)cc2)C2CC2)cc1Oc1ccccc1. The second-order valence-corrected chi connectivity index (χ2v) is 7.30. The van der Waals surface area contributed by atoms with Crippen molar-refractivity contribution in [3.8, 4) is 11.5 Å². The van der Waals surface area contributed by atoms with E-state index < -0.39 is 0 Å². The van der Waals surface area contributed by atoms with Gasteiger partial charge in [-0.15, -0.1) is 0 Å². The van der Waals surface area contributed by atoms with Gasteiger partial charge in [0.2, 0.25) is 0 Å². The van der Waals surface area contributed by atoms with E-state index in [1.54, 1.807) is 24.3 Å². The molecule has 0 spiro atoms. The van der Waals surface area contributed by atoms with E-state index in [2.05, 4.69) is 18.2 Å². The second kappa shape index (κ2) is 8.45. The summed E-state index contributed by atoms with van der Waals surface area (Å²) in [6, 6.07) is 22.1. The Morgan fingerprint density at radius 3 is 2.43 bits per heavy atom. The Morgan fingerprint density at radius 2 is 1.71 bits per heavy atom. The largest absolute Gasteiger partial charge is 0.454 e. The minimum atomic E-state index is -0.378. The van der Waals surface area contributed by atoms with E-state index in [9.17, 15) is 4.39 Å². The maximum absolute atomic E-state index is 14.1. The average molecular weight is 391 g/mol. The van der Waals surface area contributed by atoms with Gasteiger partial charge in [-0.05, 0) is 71.9 Å². The van der Waals surface area contributed by atoms with Crippen LogP contribution >= 0.6 is 11.6 Å². The molecule has 0 aliphatic heterocycles. The van der Waals surface area contributed by atoms with Gasteiger partial charge in [-0.3, -0.25) is 0 Å². The van der Waals surface area contributed by atoms with Gasteiger partial charge in [0.05, 0.1) is 0 Å². The summed E-state index contributed by atoms with van der Waals surface area (Å²) in [6.07, 6.45) is 8.56. The molecule has 0 saturated heterocycles. The van der Waals surface area contributed by atoms with Gasteiger partial charge in [0, 0.05) is 5.02 Å². The monoisotopic (exact) mass is 390 g/mol. The summed E-state index contributed by atoms with van der Waals surface area (Å²) in [5.74, 6) is 1.06. The Bertz CT molecular complexity index is 1000. The van der Waals surface area contributed by atoms with Crippen LogP contribution in [0.5, 0.6) is 11.5 Å². The Morgan fingerprint density at radius 1 is 0.964 bits per heavy atom. The predicted octanol–water partition coefficient (Wildman–Crippen LogP) is 7.78. The molecule has 1 aliphatic rings. The smallest absolute Gasteiger partial charge is 0.165 e. The molecule has 0 heterocycles. The summed E-state index contributed by atoms with van der Waals surface area (Å²) in [5, 5.41) is 0.742. The number of rotatable bonds is 6. The number of hydrogen-bond donors (Lipinski definition) is 0. The van der Waals surface area contributed by atoms with Crippen molar-refractivity contribution in [2.75, 3.05) is 0 Å². The molecule has 3 aromatic carbocycles. The first-order valence-electron chi connectivity index (χ1n) is 9.36. The lowest BCUT2D eigenvalue weighted by atomic mass is 10.0. The van der Waals surface area contributed by atoms with Crippen molar-refractivity contribution in [2.45, 2.75) is 12.8 Å². The van der Waals surface area contributed by atoms with E-state index in [0.717, 1.165) is 10.6 Å². The lowest BCUT2D eigenvalue weighted by molar-refractivity contribution is 0.442. The van der Waals surface area contributed by atoms with Crippen LogP contribution in [0.15, 0.2) is 84.9 Å². The molecule has 0 aromatic heterocycles. The van der Waals surface area contributed by atoms with Crippen LogP contribution in [-0.2, 0) is 0 Å². The normalized spacial score (nSPS) is 14.4. The summed E-state index contributed by atoms with van der Waals surface area (Å²) >= 11 is 6.01. The van der Waals surface area contributed by atoms with Crippen molar-refractivity contribution < 1.29 is 9.13 Å². The van der Waals surface area contributed by atoms with E-state index in [1.807, 2.05) is 42.5 Å². The molecule has 3 aromatic rings. The highest BCUT2D eigenvalue weighted by Gasteiger charge is 2.26. The molecule has 0 amide bonds. The molecule has 1 saturated carbocycles. The zero-order valence-corrected chi connectivity index (χ0v) is 16.1. The van der Waals surface area contributed by atoms with Crippen LogP contribution in [0.4, 0.5) is 4.39 Å². The van der Waals surface area contributed by atoms with Crippen molar-refractivity contribution in [1.82, 2.24) is 0 Å². The maximum Gasteiger partial charge on any atom is 0.165 e. The highest BCUT2D eigenvalue weighted by atomic mass is 35.5. The molecule has 1 nitrogen and oxygen atoms in total. The summed E-state index contributed by atoms with van der Waals surface area (Å²) in [5.41, 5.74) is 3.40. The van der Waals surface area contributed by atoms with E-state index in [1.165, 1.54) is 30.0 Å². The van der Waals surface area contributed by atoms with Gasteiger partial charge in [0.25, 0.3) is 0 Å². The number of halogens is 2. The lowest BCUT2D eigenvalue weighted by Gasteiger charge is -2.07. The van der Waals surface area contributed by atoms with Crippen LogP contribution in [0.3, 0.4) is 0 Å². The fraction of sp³-hybridized carbons (Fsp3) is 0.120. The van der Waals surface area contributed by atoms with Crippen molar-refractivity contribution in [2.24, 2.45) is 5.92 Å². The van der Waals surface area contributed by atoms with Gasteiger partial charge < -0.3 is 4.74 Å². The van der Waals surface area contributed by atoms with Crippen LogP contribution < -0.4 is 4.74 Å². The van der Waals surface area contributed by atoms with Crippen LogP contribution in [0, 0.1) is 11.7 Å². The Balaban J connectivity index is 1.54. The zero-order chi connectivity index (χ0) is 19.3. The Labute approximate surface area is 169 Å². The maximum atomic E-state index is 14.1. The fourth-order valence-electron chi connectivity index (χ4n) is 3.08. The highest BCUT2D eigenvalue weighted by molar-refractivity contribution is 6.30. The minimum Gasteiger partial charge on any atom is -0.454 e. The first-order valence-corrected chi connectivity index (χ1v) is 9.73. The molecule has 0 atom stereocenters. The number of benzene rings is 3. The number of ether oxygens (including phenoxy) is 1. The van der Waals surface area contributed by atoms with Gasteiger partial charge in [0.1, 0.15) is 5.75 Å². The number of allylic oxidation sites excluding steroid dienone is 3. The van der Waals surface area contributed by atoms with Crippen LogP contribution in [-0.4, -0.2) is 0 Å². The van der Waals surface area contributed by atoms with Gasteiger partial charge in [-0.1, -0.05) is 66.2 Å². The topological polar surface area (TPSA) is 9.23 Å². The number of hydrogen-bond acceptors (Lipinski definition) is 1. The molecule has 3 heteroatoms. The third kappa shape index (κ3) is 4.71. The summed E-state index contributed by atoms with van der Waals surface area (Å²) in [6.45, 7) is 0. The van der Waals surface area contributed by atoms with Crippen LogP contribution in [0.25, 0.3) is 11.6 Å². The predicted molar refractivity (Wildman–Crippen MR) is 114 cm³/mol. The second-order valence-electron chi connectivity index (χ2n) is 6.87. The van der Waals surface area contributed by atoms with Gasteiger partial charge in [-0.2, -0.15) is 0 Å². The molecule has 140 valence electrons. The molecule has 0 radical (unpaired) electrons. The van der Waals surface area contributed by atoms with Crippen molar-refractivity contribution >= 4 is 23.3 Å². The van der Waals surface area contributed by atoms with Crippen LogP contribution in [0.2, 0.25) is 5.02 Å². The first-order chi connectivity index (χ1) is 13.7. The van der Waals surface area contributed by atoms with Crippen molar-refractivity contribution in [1.29, 1.82) is 0 Å². The first kappa shape index (κ1) is 18.5. The van der Waals surface area contributed by atoms with E-state index in [0.29, 0.717) is 11.7 Å². The highest BCUT2D eigenvalue weighted by Crippen LogP contribution is 2.42. The van der Waals surface area contributed by atoms with Gasteiger partial charge in [0.15, 0.2) is 11.6 Å². The van der Waals surface area contributed by atoms with Crippen molar-refractivity contribution in [3.05, 3.63) is 107 Å². The molecular formula is C25H20ClFO. The zero-order valence-electron chi connectivity index (χ0n) is 15.3. The van der Waals surface area contributed by atoms with E-state index in [-0.39, 0.29) is 11.6 Å². The number of para-hydroxylation sites is 1. The molecule has 0 N–H and O–H groups in total. The summed E-state index contributed by atoms with van der Waals surface area (Å²) in [4.78, 5) is 0. The molecule has 0 unspecified atom stereocenters. The summed E-state index contributed by atoms with van der Waals surface area (Å²) in [7, 11) is 0. The third-order valence-electron chi connectivity index (χ3n) is 4.69. The quantitative estimate of drug-likeness (QED) is 0.390. The molecule has 28 heavy (non-hydrogen) atoms.